The maximum absolute atomic E-state index is 11.9. The fourth-order valence-electron chi connectivity index (χ4n) is 3.71. The SMILES string of the molecule is C#CCOCCOCCNC(=O)COCCOCCOC1OC(COC(C)=O)C(OC(C)=O)[C@H](OC(C)=O)C1NC(C)=O. The van der Waals surface area contributed by atoms with Crippen LogP contribution in [-0.2, 0) is 66.6 Å². The molecule has 1 heterocycles. The quantitative estimate of drug-likeness (QED) is 0.0652. The van der Waals surface area contributed by atoms with E-state index in [0.717, 1.165) is 13.8 Å². The van der Waals surface area contributed by atoms with Crippen LogP contribution in [0.2, 0.25) is 0 Å². The van der Waals surface area contributed by atoms with Gasteiger partial charge in [-0.2, -0.15) is 0 Å². The number of ether oxygens (including phenoxy) is 9. The van der Waals surface area contributed by atoms with Crippen LogP contribution >= 0.6 is 0 Å². The van der Waals surface area contributed by atoms with Crippen molar-refractivity contribution in [3.8, 4) is 12.3 Å². The topological polar surface area (TPSA) is 192 Å². The minimum Gasteiger partial charge on any atom is -0.463 e. The van der Waals surface area contributed by atoms with E-state index in [9.17, 15) is 24.0 Å². The molecule has 4 unspecified atom stereocenters. The van der Waals surface area contributed by atoms with Gasteiger partial charge in [0.1, 0.15) is 32.0 Å². The summed E-state index contributed by atoms with van der Waals surface area (Å²) in [5, 5.41) is 5.25. The van der Waals surface area contributed by atoms with Crippen LogP contribution in [0.4, 0.5) is 0 Å². The smallest absolute Gasteiger partial charge is 0.303 e. The second-order valence-corrected chi connectivity index (χ2v) is 8.97. The summed E-state index contributed by atoms with van der Waals surface area (Å²) in [6, 6.07) is -1.08. The lowest BCUT2D eigenvalue weighted by Crippen LogP contribution is -2.66. The summed E-state index contributed by atoms with van der Waals surface area (Å²) in [7, 11) is 0. The molecule has 2 amide bonds. The van der Waals surface area contributed by atoms with E-state index < -0.39 is 54.5 Å². The highest BCUT2D eigenvalue weighted by molar-refractivity contribution is 5.77. The highest BCUT2D eigenvalue weighted by Crippen LogP contribution is 2.28. The molecule has 0 saturated carbocycles. The third-order valence-electron chi connectivity index (χ3n) is 5.31. The maximum Gasteiger partial charge on any atom is 0.303 e. The Morgan fingerprint density at radius 3 is 2.00 bits per heavy atom. The molecule has 0 radical (unpaired) electrons. The summed E-state index contributed by atoms with van der Waals surface area (Å²) in [5.74, 6) is -0.494. The molecule has 16 heteroatoms. The average Bonchev–Trinajstić information content (AvgIpc) is 2.92. The predicted octanol–water partition coefficient (Wildman–Crippen LogP) is -1.53. The summed E-state index contributed by atoms with van der Waals surface area (Å²) in [4.78, 5) is 58.8. The highest BCUT2D eigenvalue weighted by Gasteiger charge is 2.51. The number of amides is 2. The van der Waals surface area contributed by atoms with Gasteiger partial charge in [-0.05, 0) is 0 Å². The summed E-state index contributed by atoms with van der Waals surface area (Å²) in [6.07, 6.45) is 0.362. The number of carbonyl (C=O) groups is 5. The third-order valence-corrected chi connectivity index (χ3v) is 5.31. The fraction of sp³-hybridized carbons (Fsp3) is 0.741. The van der Waals surface area contributed by atoms with Crippen LogP contribution in [0, 0.1) is 12.3 Å². The van der Waals surface area contributed by atoms with Gasteiger partial charge in [-0.15, -0.1) is 6.42 Å². The highest BCUT2D eigenvalue weighted by atomic mass is 16.7. The van der Waals surface area contributed by atoms with Crippen molar-refractivity contribution in [2.45, 2.75) is 58.3 Å². The summed E-state index contributed by atoms with van der Waals surface area (Å²) in [5.41, 5.74) is 0. The number of esters is 3. The molecule has 0 spiro atoms. The Hall–Kier alpha value is -3.33. The van der Waals surface area contributed by atoms with Crippen LogP contribution in [0.3, 0.4) is 0 Å². The van der Waals surface area contributed by atoms with Gasteiger partial charge in [0.25, 0.3) is 0 Å². The summed E-state index contributed by atoms with van der Waals surface area (Å²) in [6.45, 7) is 6.15. The number of rotatable bonds is 21. The van der Waals surface area contributed by atoms with Gasteiger partial charge in [-0.3, -0.25) is 24.0 Å². The first kappa shape index (κ1) is 37.7. The van der Waals surface area contributed by atoms with E-state index in [0.29, 0.717) is 26.4 Å². The fourth-order valence-corrected chi connectivity index (χ4v) is 3.71. The van der Waals surface area contributed by atoms with Crippen molar-refractivity contribution in [2.75, 3.05) is 72.6 Å². The van der Waals surface area contributed by atoms with E-state index >= 15 is 0 Å². The van der Waals surface area contributed by atoms with Crippen molar-refractivity contribution >= 4 is 29.7 Å². The van der Waals surface area contributed by atoms with Gasteiger partial charge < -0.3 is 53.3 Å². The number of carbonyl (C=O) groups excluding carboxylic acids is 5. The molecule has 1 aliphatic rings. The van der Waals surface area contributed by atoms with Gasteiger partial charge in [0.15, 0.2) is 18.5 Å². The zero-order valence-corrected chi connectivity index (χ0v) is 25.0. The second-order valence-electron chi connectivity index (χ2n) is 8.97. The van der Waals surface area contributed by atoms with Crippen molar-refractivity contribution in [1.29, 1.82) is 0 Å². The van der Waals surface area contributed by atoms with Crippen molar-refractivity contribution in [3.63, 3.8) is 0 Å². The lowest BCUT2D eigenvalue weighted by molar-refractivity contribution is -0.279. The minimum atomic E-state index is -1.22. The van der Waals surface area contributed by atoms with Crippen LogP contribution < -0.4 is 10.6 Å². The first-order valence-corrected chi connectivity index (χ1v) is 13.6. The Balaban J connectivity index is 2.51. The zero-order chi connectivity index (χ0) is 32.0. The molecule has 2 N–H and O–H groups in total. The maximum atomic E-state index is 11.9. The van der Waals surface area contributed by atoms with Gasteiger partial charge in [-0.1, -0.05) is 5.92 Å². The number of nitrogens with one attached hydrogen (secondary N) is 2. The molecule has 0 bridgehead atoms. The van der Waals surface area contributed by atoms with E-state index in [2.05, 4.69) is 16.6 Å². The molecule has 0 aliphatic carbocycles. The van der Waals surface area contributed by atoms with Crippen molar-refractivity contribution in [3.05, 3.63) is 0 Å². The van der Waals surface area contributed by atoms with Crippen LogP contribution in [0.1, 0.15) is 27.7 Å². The van der Waals surface area contributed by atoms with Gasteiger partial charge in [0.05, 0.1) is 46.2 Å². The lowest BCUT2D eigenvalue weighted by Gasteiger charge is -2.44. The van der Waals surface area contributed by atoms with E-state index in [4.69, 9.17) is 49.1 Å². The van der Waals surface area contributed by atoms with Gasteiger partial charge in [0, 0.05) is 34.2 Å². The number of hydrogen-bond acceptors (Lipinski definition) is 14. The van der Waals surface area contributed by atoms with Gasteiger partial charge >= 0.3 is 17.9 Å². The summed E-state index contributed by atoms with van der Waals surface area (Å²) >= 11 is 0. The standard InChI is InChI=1S/C27H42N2O14/c1-6-8-35-10-11-36-9-7-28-23(34)17-38-13-12-37-14-15-39-27-24(29-18(2)30)26(42-21(5)33)25(41-20(4)32)22(43-27)16-40-19(3)31/h1,22,24-27H,7-17H2,2-5H3,(H,28,34)(H,29,30)/t22?,24?,25?,26-,27?/m1/s1. The van der Waals surface area contributed by atoms with Crippen molar-refractivity contribution in [1.82, 2.24) is 10.6 Å². The Bertz CT molecular complexity index is 924. The summed E-state index contributed by atoms with van der Waals surface area (Å²) < 4.78 is 48.5. The minimum absolute atomic E-state index is 0.0275. The average molecular weight is 619 g/mol. The van der Waals surface area contributed by atoms with Crippen LogP contribution in [0.25, 0.3) is 0 Å². The monoisotopic (exact) mass is 618 g/mol. The van der Waals surface area contributed by atoms with Crippen molar-refractivity contribution < 1.29 is 66.6 Å². The Morgan fingerprint density at radius 2 is 1.37 bits per heavy atom. The van der Waals surface area contributed by atoms with Crippen LogP contribution in [0.15, 0.2) is 0 Å². The number of terminal acetylenes is 1. The molecule has 1 saturated heterocycles. The van der Waals surface area contributed by atoms with Crippen molar-refractivity contribution in [2.24, 2.45) is 0 Å². The Morgan fingerprint density at radius 1 is 0.767 bits per heavy atom. The molecular weight excluding hydrogens is 576 g/mol. The van der Waals surface area contributed by atoms with Crippen LogP contribution in [-0.4, -0.2) is 133 Å². The zero-order valence-electron chi connectivity index (χ0n) is 25.0. The van der Waals surface area contributed by atoms with Crippen LogP contribution in [0.5, 0.6) is 0 Å². The molecule has 0 aromatic heterocycles. The van der Waals surface area contributed by atoms with E-state index in [-0.39, 0.29) is 52.2 Å². The van der Waals surface area contributed by atoms with E-state index in [1.165, 1.54) is 13.8 Å². The second kappa shape index (κ2) is 22.2. The molecule has 43 heavy (non-hydrogen) atoms. The first-order valence-electron chi connectivity index (χ1n) is 13.6. The largest absolute Gasteiger partial charge is 0.463 e. The lowest BCUT2D eigenvalue weighted by atomic mass is 9.96. The molecular formula is C27H42N2O14. The molecule has 16 nitrogen and oxygen atoms in total. The molecule has 0 aromatic carbocycles. The molecule has 5 atom stereocenters. The Labute approximate surface area is 250 Å². The van der Waals surface area contributed by atoms with E-state index in [1.807, 2.05) is 0 Å². The Kier molecular flexibility index (Phi) is 19.5. The normalized spacial score (nSPS) is 21.2. The molecule has 0 aromatic rings. The molecule has 244 valence electrons. The first-order chi connectivity index (χ1) is 20.5. The van der Waals surface area contributed by atoms with E-state index in [1.54, 1.807) is 0 Å². The van der Waals surface area contributed by atoms with Gasteiger partial charge in [0.2, 0.25) is 11.8 Å². The third kappa shape index (κ3) is 17.4. The molecule has 1 rings (SSSR count). The molecule has 1 fully saturated rings. The van der Waals surface area contributed by atoms with Gasteiger partial charge in [-0.25, -0.2) is 0 Å². The number of hydrogen-bond donors (Lipinski definition) is 2. The molecule has 1 aliphatic heterocycles. The predicted molar refractivity (Wildman–Crippen MR) is 145 cm³/mol.